The number of nitriles is 1. The van der Waals surface area contributed by atoms with Crippen LogP contribution in [0.2, 0.25) is 0 Å². The van der Waals surface area contributed by atoms with Gasteiger partial charge in [0.2, 0.25) is 5.91 Å². The first-order valence-corrected chi connectivity index (χ1v) is 7.00. The minimum Gasteiger partial charge on any atom is -0.358 e. The smallest absolute Gasteiger partial charge is 0.245 e. The van der Waals surface area contributed by atoms with E-state index in [1.165, 1.54) is 7.05 Å². The number of thioether (sulfide) groups is 1. The van der Waals surface area contributed by atoms with E-state index in [9.17, 15) is 9.59 Å². The molecule has 0 fully saturated rings. The van der Waals surface area contributed by atoms with Gasteiger partial charge in [-0.25, -0.2) is 0 Å². The number of hydrogen-bond acceptors (Lipinski definition) is 4. The summed E-state index contributed by atoms with van der Waals surface area (Å²) in [5, 5.41) is 11.2. The quantitative estimate of drug-likeness (QED) is 0.491. The van der Waals surface area contributed by atoms with Crippen LogP contribution in [-0.2, 0) is 4.79 Å². The average Bonchev–Trinajstić information content (AvgIpc) is 2.46. The highest BCUT2D eigenvalue weighted by atomic mass is 32.2. The number of amides is 1. The lowest BCUT2D eigenvalue weighted by molar-refractivity contribution is -0.121. The molecule has 100 valence electrons. The van der Waals surface area contributed by atoms with Gasteiger partial charge < -0.3 is 5.32 Å². The number of carbonyl (C=O) groups excluding carboxylic acids is 2. The predicted molar refractivity (Wildman–Crippen MR) is 75.0 cm³/mol. The Morgan fingerprint density at radius 2 is 2.00 bits per heavy atom. The summed E-state index contributed by atoms with van der Waals surface area (Å²) in [5.74, 6) is -1.29. The fraction of sp³-hybridized carbons (Fsp3) is 0.357. The largest absolute Gasteiger partial charge is 0.358 e. The summed E-state index contributed by atoms with van der Waals surface area (Å²) < 4.78 is 0. The zero-order chi connectivity index (χ0) is 14.3. The fourth-order valence-electron chi connectivity index (χ4n) is 1.48. The molecule has 1 atom stereocenters. The minimum absolute atomic E-state index is 0.385. The van der Waals surface area contributed by atoms with Crippen molar-refractivity contribution in [3.63, 3.8) is 0 Å². The topological polar surface area (TPSA) is 70.0 Å². The standard InChI is InChI=1S/C14H16N2O2S/c1-3-8-19-11-6-4-10(5-7-11)13(17)12(9-15)14(18)16-2/h4-7,12H,3,8H2,1-2H3,(H,16,18)/t12-/m0/s1. The van der Waals surface area contributed by atoms with Gasteiger partial charge in [0, 0.05) is 17.5 Å². The molecule has 0 saturated carbocycles. The van der Waals surface area contributed by atoms with Crippen molar-refractivity contribution >= 4 is 23.5 Å². The van der Waals surface area contributed by atoms with Gasteiger partial charge in [0.15, 0.2) is 11.7 Å². The number of nitrogens with one attached hydrogen (secondary N) is 1. The zero-order valence-corrected chi connectivity index (χ0v) is 11.8. The first kappa shape index (κ1) is 15.3. The van der Waals surface area contributed by atoms with E-state index in [4.69, 9.17) is 5.26 Å². The lowest BCUT2D eigenvalue weighted by Gasteiger charge is -2.07. The van der Waals surface area contributed by atoms with E-state index < -0.39 is 17.6 Å². The maximum absolute atomic E-state index is 12.0. The van der Waals surface area contributed by atoms with Crippen molar-refractivity contribution in [3.8, 4) is 6.07 Å². The van der Waals surface area contributed by atoms with E-state index in [-0.39, 0.29) is 0 Å². The molecule has 1 amide bonds. The fourth-order valence-corrected chi connectivity index (χ4v) is 2.25. The summed E-state index contributed by atoms with van der Waals surface area (Å²) in [4.78, 5) is 24.5. The van der Waals surface area contributed by atoms with E-state index >= 15 is 0 Å². The normalized spacial score (nSPS) is 11.4. The number of hydrogen-bond donors (Lipinski definition) is 1. The third-order valence-electron chi connectivity index (χ3n) is 2.51. The molecule has 19 heavy (non-hydrogen) atoms. The third kappa shape index (κ3) is 4.11. The summed E-state index contributed by atoms with van der Waals surface area (Å²) in [6, 6.07) is 8.73. The molecule has 0 aliphatic rings. The lowest BCUT2D eigenvalue weighted by atomic mass is 9.98. The monoisotopic (exact) mass is 276 g/mol. The van der Waals surface area contributed by atoms with Crippen molar-refractivity contribution in [2.75, 3.05) is 12.8 Å². The van der Waals surface area contributed by atoms with Gasteiger partial charge >= 0.3 is 0 Å². The molecule has 0 saturated heterocycles. The van der Waals surface area contributed by atoms with Gasteiger partial charge in [-0.15, -0.1) is 11.8 Å². The van der Waals surface area contributed by atoms with Gasteiger partial charge in [-0.1, -0.05) is 19.1 Å². The maximum atomic E-state index is 12.0. The van der Waals surface area contributed by atoms with E-state index in [2.05, 4.69) is 12.2 Å². The Labute approximate surface area is 117 Å². The molecule has 0 radical (unpaired) electrons. The SMILES string of the molecule is CCCSc1ccc(C(=O)[C@H](C#N)C(=O)NC)cc1. The number of ketones is 1. The molecule has 1 aromatic rings. The molecule has 0 unspecified atom stereocenters. The van der Waals surface area contributed by atoms with Gasteiger partial charge in [-0.3, -0.25) is 9.59 Å². The number of benzene rings is 1. The molecule has 0 heterocycles. The molecule has 0 aliphatic heterocycles. The maximum Gasteiger partial charge on any atom is 0.245 e. The Hall–Kier alpha value is -1.80. The zero-order valence-electron chi connectivity index (χ0n) is 11.0. The summed E-state index contributed by atoms with van der Waals surface area (Å²) in [7, 11) is 1.41. The molecule has 5 heteroatoms. The van der Waals surface area contributed by atoms with Crippen LogP contribution in [0, 0.1) is 17.2 Å². The van der Waals surface area contributed by atoms with E-state index in [1.807, 2.05) is 12.1 Å². The number of nitrogens with zero attached hydrogens (tertiary/aromatic N) is 1. The van der Waals surface area contributed by atoms with Crippen LogP contribution in [-0.4, -0.2) is 24.5 Å². The molecule has 0 bridgehead atoms. The number of carbonyl (C=O) groups is 2. The van der Waals surface area contributed by atoms with Gasteiger partial charge in [0.05, 0.1) is 6.07 Å². The van der Waals surface area contributed by atoms with Crippen molar-refractivity contribution in [3.05, 3.63) is 29.8 Å². The summed E-state index contributed by atoms with van der Waals surface area (Å²) in [6.45, 7) is 2.10. The van der Waals surface area contributed by atoms with Gasteiger partial charge in [0.1, 0.15) is 0 Å². The molecule has 0 aliphatic carbocycles. The molecule has 1 rings (SSSR count). The molecule has 1 aromatic carbocycles. The second-order valence-electron chi connectivity index (χ2n) is 3.91. The van der Waals surface area contributed by atoms with Gasteiger partial charge in [-0.2, -0.15) is 5.26 Å². The van der Waals surface area contributed by atoms with Crippen LogP contribution in [0.25, 0.3) is 0 Å². The Bertz CT molecular complexity index is 491. The first-order valence-electron chi connectivity index (χ1n) is 6.02. The number of Topliss-reactive ketones (excluding diaryl/α,β-unsaturated/α-hetero) is 1. The predicted octanol–water partition coefficient (Wildman–Crippen LogP) is 2.26. The van der Waals surface area contributed by atoms with Crippen LogP contribution in [0.5, 0.6) is 0 Å². The van der Waals surface area contributed by atoms with Crippen LogP contribution in [0.15, 0.2) is 29.2 Å². The van der Waals surface area contributed by atoms with Crippen LogP contribution in [0.1, 0.15) is 23.7 Å². The molecule has 4 nitrogen and oxygen atoms in total. The van der Waals surface area contributed by atoms with Crippen LogP contribution < -0.4 is 5.32 Å². The van der Waals surface area contributed by atoms with Crippen molar-refractivity contribution in [2.45, 2.75) is 18.2 Å². The Balaban J connectivity index is 2.83. The highest BCUT2D eigenvalue weighted by molar-refractivity contribution is 7.99. The van der Waals surface area contributed by atoms with Crippen molar-refractivity contribution in [2.24, 2.45) is 5.92 Å². The third-order valence-corrected chi connectivity index (χ3v) is 3.73. The average molecular weight is 276 g/mol. The van der Waals surface area contributed by atoms with E-state index in [1.54, 1.807) is 30.0 Å². The van der Waals surface area contributed by atoms with Crippen molar-refractivity contribution in [1.82, 2.24) is 5.32 Å². The summed E-state index contributed by atoms with van der Waals surface area (Å²) in [6.07, 6.45) is 1.08. The second kappa shape index (κ2) is 7.59. The molecular weight excluding hydrogens is 260 g/mol. The summed E-state index contributed by atoms with van der Waals surface area (Å²) >= 11 is 1.71. The van der Waals surface area contributed by atoms with Gasteiger partial charge in [0.25, 0.3) is 0 Å². The molecule has 1 N–H and O–H groups in total. The highest BCUT2D eigenvalue weighted by Crippen LogP contribution is 2.20. The Morgan fingerprint density at radius 1 is 1.37 bits per heavy atom. The first-order chi connectivity index (χ1) is 9.13. The molecule has 0 aromatic heterocycles. The van der Waals surface area contributed by atoms with Crippen LogP contribution in [0.3, 0.4) is 0 Å². The minimum atomic E-state index is -1.28. The summed E-state index contributed by atoms with van der Waals surface area (Å²) in [5.41, 5.74) is 0.385. The van der Waals surface area contributed by atoms with Crippen LogP contribution in [0.4, 0.5) is 0 Å². The van der Waals surface area contributed by atoms with Crippen molar-refractivity contribution < 1.29 is 9.59 Å². The molecule has 0 spiro atoms. The lowest BCUT2D eigenvalue weighted by Crippen LogP contribution is -2.32. The van der Waals surface area contributed by atoms with E-state index in [0.717, 1.165) is 17.1 Å². The van der Waals surface area contributed by atoms with Gasteiger partial charge in [-0.05, 0) is 24.3 Å². The Morgan fingerprint density at radius 3 is 2.47 bits per heavy atom. The van der Waals surface area contributed by atoms with Crippen molar-refractivity contribution in [1.29, 1.82) is 5.26 Å². The Kier molecular flexibility index (Phi) is 6.10. The number of rotatable bonds is 6. The molecular formula is C14H16N2O2S. The van der Waals surface area contributed by atoms with E-state index in [0.29, 0.717) is 5.56 Å². The van der Waals surface area contributed by atoms with Crippen LogP contribution >= 0.6 is 11.8 Å². The second-order valence-corrected chi connectivity index (χ2v) is 5.08. The highest BCUT2D eigenvalue weighted by Gasteiger charge is 2.26.